The minimum atomic E-state index is -0.592. The predicted octanol–water partition coefficient (Wildman–Crippen LogP) is 1.04. The van der Waals surface area contributed by atoms with Crippen LogP contribution in [-0.4, -0.2) is 24.3 Å². The molecule has 0 saturated heterocycles. The van der Waals surface area contributed by atoms with Gasteiger partial charge < -0.3 is 9.84 Å². The molecule has 0 rings (SSSR count). The van der Waals surface area contributed by atoms with Crippen molar-refractivity contribution >= 4 is 5.97 Å². The molecule has 0 aliphatic rings. The van der Waals surface area contributed by atoms with E-state index in [1.54, 1.807) is 6.92 Å². The molecule has 68 valence electrons. The SMILES string of the molecule is C=CC(O)C/C(C)=C/C(=O)OC. The lowest BCUT2D eigenvalue weighted by atomic mass is 10.1. The van der Waals surface area contributed by atoms with Crippen molar-refractivity contribution in [3.05, 3.63) is 24.3 Å². The van der Waals surface area contributed by atoms with E-state index in [1.807, 2.05) is 0 Å². The van der Waals surface area contributed by atoms with Crippen LogP contribution >= 0.6 is 0 Å². The summed E-state index contributed by atoms with van der Waals surface area (Å²) in [6.07, 6.45) is 2.60. The molecule has 0 amide bonds. The zero-order chi connectivity index (χ0) is 9.56. The quantitative estimate of drug-likeness (QED) is 0.389. The van der Waals surface area contributed by atoms with Crippen molar-refractivity contribution in [2.45, 2.75) is 19.4 Å². The number of hydrogen-bond donors (Lipinski definition) is 1. The van der Waals surface area contributed by atoms with Gasteiger partial charge in [-0.25, -0.2) is 4.79 Å². The Kier molecular flexibility index (Phi) is 5.04. The molecule has 3 nitrogen and oxygen atoms in total. The molecule has 0 bridgehead atoms. The number of methoxy groups -OCH3 is 1. The highest BCUT2D eigenvalue weighted by Crippen LogP contribution is 2.04. The van der Waals surface area contributed by atoms with Crippen LogP contribution in [0.2, 0.25) is 0 Å². The number of carbonyl (C=O) groups is 1. The molecule has 0 aromatic heterocycles. The Bertz CT molecular complexity index is 194. The molecule has 0 aliphatic carbocycles. The fourth-order valence-electron chi connectivity index (χ4n) is 0.732. The number of carbonyl (C=O) groups excluding carboxylic acids is 1. The Morgan fingerprint density at radius 2 is 2.33 bits per heavy atom. The Morgan fingerprint density at radius 3 is 2.75 bits per heavy atom. The number of aliphatic hydroxyl groups excluding tert-OH is 1. The molecular weight excluding hydrogens is 156 g/mol. The van der Waals surface area contributed by atoms with E-state index in [0.29, 0.717) is 6.42 Å². The van der Waals surface area contributed by atoms with Crippen molar-refractivity contribution in [1.82, 2.24) is 0 Å². The highest BCUT2D eigenvalue weighted by molar-refractivity contribution is 5.82. The fourth-order valence-corrected chi connectivity index (χ4v) is 0.732. The summed E-state index contributed by atoms with van der Waals surface area (Å²) >= 11 is 0. The molecule has 3 heteroatoms. The summed E-state index contributed by atoms with van der Waals surface area (Å²) in [5.41, 5.74) is 0.772. The third kappa shape index (κ3) is 4.68. The van der Waals surface area contributed by atoms with Crippen LogP contribution in [0.5, 0.6) is 0 Å². The molecule has 0 radical (unpaired) electrons. The summed E-state index contributed by atoms with van der Waals surface area (Å²) in [6.45, 7) is 5.17. The zero-order valence-corrected chi connectivity index (χ0v) is 7.41. The summed E-state index contributed by atoms with van der Waals surface area (Å²) < 4.78 is 4.41. The van der Waals surface area contributed by atoms with E-state index in [2.05, 4.69) is 11.3 Å². The van der Waals surface area contributed by atoms with Crippen molar-refractivity contribution in [3.8, 4) is 0 Å². The summed E-state index contributed by atoms with van der Waals surface area (Å²) in [6, 6.07) is 0. The maximum Gasteiger partial charge on any atom is 0.330 e. The smallest absolute Gasteiger partial charge is 0.330 e. The molecule has 12 heavy (non-hydrogen) atoms. The average Bonchev–Trinajstić information content (AvgIpc) is 2.03. The van der Waals surface area contributed by atoms with Gasteiger partial charge in [0.25, 0.3) is 0 Å². The normalized spacial score (nSPS) is 13.8. The molecule has 1 unspecified atom stereocenters. The first-order valence-electron chi connectivity index (χ1n) is 3.66. The van der Waals surface area contributed by atoms with Crippen LogP contribution in [-0.2, 0) is 9.53 Å². The second-order valence-electron chi connectivity index (χ2n) is 2.52. The van der Waals surface area contributed by atoms with Gasteiger partial charge in [-0.3, -0.25) is 0 Å². The van der Waals surface area contributed by atoms with Crippen LogP contribution in [0.3, 0.4) is 0 Å². The maximum absolute atomic E-state index is 10.7. The minimum Gasteiger partial charge on any atom is -0.466 e. The molecule has 0 aromatic carbocycles. The average molecular weight is 170 g/mol. The third-order valence-corrected chi connectivity index (χ3v) is 1.37. The van der Waals surface area contributed by atoms with Gasteiger partial charge >= 0.3 is 5.97 Å². The summed E-state index contributed by atoms with van der Waals surface area (Å²) in [7, 11) is 1.32. The largest absolute Gasteiger partial charge is 0.466 e. The van der Waals surface area contributed by atoms with Crippen molar-refractivity contribution in [3.63, 3.8) is 0 Å². The van der Waals surface area contributed by atoms with Gasteiger partial charge in [-0.1, -0.05) is 11.6 Å². The van der Waals surface area contributed by atoms with Gasteiger partial charge in [-0.05, 0) is 13.3 Å². The molecule has 0 spiro atoms. The molecule has 0 aromatic rings. The standard InChI is InChI=1S/C9H14O3/c1-4-8(10)5-7(2)6-9(11)12-3/h4,6,8,10H,1,5H2,2-3H3/b7-6+. The summed E-state index contributed by atoms with van der Waals surface area (Å²) in [4.78, 5) is 10.7. The first kappa shape index (κ1) is 10.9. The lowest BCUT2D eigenvalue weighted by Crippen LogP contribution is -2.03. The van der Waals surface area contributed by atoms with Gasteiger partial charge in [0.1, 0.15) is 0 Å². The topological polar surface area (TPSA) is 46.5 Å². The predicted molar refractivity (Wildman–Crippen MR) is 46.6 cm³/mol. The molecule has 0 heterocycles. The van der Waals surface area contributed by atoms with Gasteiger partial charge in [0.05, 0.1) is 13.2 Å². The molecule has 0 fully saturated rings. The summed E-state index contributed by atoms with van der Waals surface area (Å²) in [5, 5.41) is 9.10. The van der Waals surface area contributed by atoms with Crippen LogP contribution < -0.4 is 0 Å². The lowest BCUT2D eigenvalue weighted by Gasteiger charge is -2.03. The highest BCUT2D eigenvalue weighted by Gasteiger charge is 2.01. The van der Waals surface area contributed by atoms with Crippen LogP contribution in [0, 0.1) is 0 Å². The maximum atomic E-state index is 10.7. The Labute approximate surface area is 72.3 Å². The first-order chi connectivity index (χ1) is 5.60. The number of hydrogen-bond acceptors (Lipinski definition) is 3. The van der Waals surface area contributed by atoms with Gasteiger partial charge in [-0.15, -0.1) is 6.58 Å². The van der Waals surface area contributed by atoms with Gasteiger partial charge in [0.15, 0.2) is 0 Å². The number of esters is 1. The molecule has 0 aliphatic heterocycles. The van der Waals surface area contributed by atoms with E-state index in [-0.39, 0.29) is 0 Å². The minimum absolute atomic E-state index is 0.399. The Balaban J connectivity index is 4.01. The Morgan fingerprint density at radius 1 is 1.75 bits per heavy atom. The van der Waals surface area contributed by atoms with Crippen LogP contribution in [0.4, 0.5) is 0 Å². The van der Waals surface area contributed by atoms with Crippen molar-refractivity contribution in [1.29, 1.82) is 0 Å². The molecule has 1 N–H and O–H groups in total. The Hall–Kier alpha value is -1.09. The third-order valence-electron chi connectivity index (χ3n) is 1.37. The van der Waals surface area contributed by atoms with E-state index in [9.17, 15) is 4.79 Å². The first-order valence-corrected chi connectivity index (χ1v) is 3.66. The fraction of sp³-hybridized carbons (Fsp3) is 0.444. The van der Waals surface area contributed by atoms with Crippen molar-refractivity contribution in [2.24, 2.45) is 0 Å². The molecule has 1 atom stereocenters. The van der Waals surface area contributed by atoms with Gasteiger partial charge in [-0.2, -0.15) is 0 Å². The second-order valence-corrected chi connectivity index (χ2v) is 2.52. The van der Waals surface area contributed by atoms with E-state index < -0.39 is 12.1 Å². The van der Waals surface area contributed by atoms with E-state index >= 15 is 0 Å². The summed E-state index contributed by atoms with van der Waals surface area (Å²) in [5.74, 6) is -0.399. The monoisotopic (exact) mass is 170 g/mol. The van der Waals surface area contributed by atoms with Crippen molar-refractivity contribution in [2.75, 3.05) is 7.11 Å². The van der Waals surface area contributed by atoms with Crippen LogP contribution in [0.15, 0.2) is 24.3 Å². The van der Waals surface area contributed by atoms with Gasteiger partial charge in [0.2, 0.25) is 0 Å². The van der Waals surface area contributed by atoms with E-state index in [4.69, 9.17) is 5.11 Å². The van der Waals surface area contributed by atoms with Crippen molar-refractivity contribution < 1.29 is 14.6 Å². The molecule has 0 saturated carbocycles. The second kappa shape index (κ2) is 5.55. The highest BCUT2D eigenvalue weighted by atomic mass is 16.5. The lowest BCUT2D eigenvalue weighted by molar-refractivity contribution is -0.134. The van der Waals surface area contributed by atoms with Crippen LogP contribution in [0.1, 0.15) is 13.3 Å². The van der Waals surface area contributed by atoms with E-state index in [1.165, 1.54) is 19.3 Å². The van der Waals surface area contributed by atoms with E-state index in [0.717, 1.165) is 5.57 Å². The van der Waals surface area contributed by atoms with Gasteiger partial charge in [0, 0.05) is 6.08 Å². The number of aliphatic hydroxyl groups is 1. The zero-order valence-electron chi connectivity index (χ0n) is 7.41. The van der Waals surface area contributed by atoms with Crippen LogP contribution in [0.25, 0.3) is 0 Å². The number of rotatable bonds is 4. The molecular formula is C9H14O3. The number of ether oxygens (including phenoxy) is 1.